The fourth-order valence-electron chi connectivity index (χ4n) is 16.6. The molecule has 0 spiro atoms. The largest absolute Gasteiger partial charge is 0.457 e. The maximum absolute atomic E-state index is 7.52. The van der Waals surface area contributed by atoms with Crippen LogP contribution in [0, 0.1) is 0 Å². The summed E-state index contributed by atoms with van der Waals surface area (Å²) in [5.74, 6) is 0. The van der Waals surface area contributed by atoms with Gasteiger partial charge in [0.05, 0.1) is 16.8 Å². The lowest BCUT2D eigenvalue weighted by molar-refractivity contribution is 0.194. The zero-order valence-corrected chi connectivity index (χ0v) is 50.5. The summed E-state index contributed by atoms with van der Waals surface area (Å²) in [5.41, 5.74) is 25.8. The first-order valence-electron chi connectivity index (χ1n) is 30.3. The van der Waals surface area contributed by atoms with Crippen LogP contribution in [-0.2, 0) is 32.5 Å². The summed E-state index contributed by atoms with van der Waals surface area (Å²) in [5, 5.41) is 2.39. The lowest BCUT2D eigenvalue weighted by atomic mass is 9.33. The van der Waals surface area contributed by atoms with Crippen LogP contribution in [-0.4, -0.2) is 17.8 Å². The van der Waals surface area contributed by atoms with E-state index in [1.807, 2.05) is 0 Å². The summed E-state index contributed by atoms with van der Waals surface area (Å²) >= 11 is 0. The molecule has 2 saturated carbocycles. The smallest absolute Gasteiger partial charge is 0.257 e. The highest BCUT2D eigenvalue weighted by Gasteiger charge is 2.63. The van der Waals surface area contributed by atoms with E-state index in [0.717, 1.165) is 24.0 Å². The van der Waals surface area contributed by atoms with Crippen molar-refractivity contribution in [2.75, 3.05) is 14.7 Å². The molecule has 0 N–H and O–H groups in total. The van der Waals surface area contributed by atoms with E-state index in [2.05, 4.69) is 247 Å². The van der Waals surface area contributed by atoms with E-state index in [-0.39, 0.29) is 50.3 Å². The predicted molar refractivity (Wildman–Crippen MR) is 339 cm³/mol. The summed E-state index contributed by atoms with van der Waals surface area (Å²) in [6.45, 7) is 38.9. The van der Waals surface area contributed by atoms with Gasteiger partial charge in [-0.1, -0.05) is 189 Å². The van der Waals surface area contributed by atoms with Gasteiger partial charge in [-0.3, -0.25) is 0 Å². The van der Waals surface area contributed by atoms with Crippen LogP contribution in [0.1, 0.15) is 196 Å². The zero-order valence-electron chi connectivity index (χ0n) is 50.5. The average molecular weight is 1040 g/mol. The number of benzene rings is 7. The van der Waals surface area contributed by atoms with Gasteiger partial charge >= 0.3 is 0 Å². The van der Waals surface area contributed by atoms with Gasteiger partial charge in [0.1, 0.15) is 11.2 Å². The minimum absolute atomic E-state index is 0.0119. The molecule has 2 aliphatic carbocycles. The molecule has 0 amide bonds. The van der Waals surface area contributed by atoms with Crippen molar-refractivity contribution >= 4 is 84.9 Å². The summed E-state index contributed by atoms with van der Waals surface area (Å²) in [6, 6.07) is 48.8. The molecule has 4 nitrogen and oxygen atoms in total. The van der Waals surface area contributed by atoms with E-state index in [1.54, 1.807) is 5.56 Å². The van der Waals surface area contributed by atoms with Crippen molar-refractivity contribution < 1.29 is 4.42 Å². The molecular formula is C74H84BN3O. The summed E-state index contributed by atoms with van der Waals surface area (Å²) in [6.07, 6.45) is 9.58. The van der Waals surface area contributed by atoms with Crippen molar-refractivity contribution in [1.29, 1.82) is 0 Å². The van der Waals surface area contributed by atoms with Gasteiger partial charge in [0.25, 0.3) is 6.71 Å². The molecule has 0 saturated heterocycles. The summed E-state index contributed by atoms with van der Waals surface area (Å²) < 4.78 is 7.52. The Bertz CT molecular complexity index is 3890. The van der Waals surface area contributed by atoms with Crippen LogP contribution in [0.3, 0.4) is 0 Å². The molecular weight excluding hydrogens is 958 g/mol. The molecule has 4 unspecified atom stereocenters. The second-order valence-corrected chi connectivity index (χ2v) is 30.4. The lowest BCUT2D eigenvalue weighted by Gasteiger charge is -2.53. The van der Waals surface area contributed by atoms with Crippen LogP contribution in [0.2, 0.25) is 0 Å². The van der Waals surface area contributed by atoms with Crippen molar-refractivity contribution in [3.05, 3.63) is 155 Å². The van der Waals surface area contributed by atoms with Crippen LogP contribution < -0.4 is 31.1 Å². The Morgan fingerprint density at radius 1 is 0.443 bits per heavy atom. The molecule has 79 heavy (non-hydrogen) atoms. The minimum atomic E-state index is -0.159. The van der Waals surface area contributed by atoms with Gasteiger partial charge in [-0.15, -0.1) is 0 Å². The highest BCUT2D eigenvalue weighted by atomic mass is 16.3. The first kappa shape index (κ1) is 51.0. The maximum atomic E-state index is 7.52. The van der Waals surface area contributed by atoms with E-state index < -0.39 is 0 Å². The monoisotopic (exact) mass is 1040 g/mol. The topological polar surface area (TPSA) is 22.9 Å². The molecule has 4 atom stereocenters. The third-order valence-corrected chi connectivity index (χ3v) is 21.8. The van der Waals surface area contributed by atoms with Crippen LogP contribution in [0.4, 0.5) is 39.8 Å². The van der Waals surface area contributed by atoms with Gasteiger partial charge in [0, 0.05) is 61.3 Å². The number of anilines is 7. The normalized spacial score (nSPS) is 24.2. The number of furan rings is 1. The van der Waals surface area contributed by atoms with E-state index in [9.17, 15) is 0 Å². The SMILES string of the molecule is CC(C)(C)c1ccc(N2c3cc(N4c5ccc(C(C)(C)C)cc5C5(C)CCCCC45C)cc4c3B(c3cc(C(C)(C)C)cc5c3N4C3(C)CCCCC53C)c3c2ccc2c3oc3ccc(C(C)(C)C)cc32)c(-c2ccccc2)c1. The van der Waals surface area contributed by atoms with Crippen LogP contribution in [0.15, 0.2) is 126 Å². The minimum Gasteiger partial charge on any atom is -0.457 e. The molecule has 4 aliphatic heterocycles. The third-order valence-electron chi connectivity index (χ3n) is 21.8. The number of hydrogen-bond donors (Lipinski definition) is 0. The zero-order chi connectivity index (χ0) is 55.5. The Balaban J connectivity index is 1.16. The van der Waals surface area contributed by atoms with Crippen molar-refractivity contribution in [2.45, 2.75) is 206 Å². The van der Waals surface area contributed by atoms with Gasteiger partial charge < -0.3 is 19.1 Å². The van der Waals surface area contributed by atoms with E-state index in [0.29, 0.717) is 0 Å². The van der Waals surface area contributed by atoms with Gasteiger partial charge in [-0.2, -0.15) is 0 Å². The molecule has 5 heteroatoms. The van der Waals surface area contributed by atoms with Crippen molar-refractivity contribution in [2.24, 2.45) is 0 Å². The number of rotatable bonds is 3. The standard InChI is InChI=1S/C74H84BN3O/c1-67(2,3)46-26-30-57(52(38-46)45-24-18-17-19-25-45)76-59-32-29-51-53-39-47(68(4,5)6)28-33-62(53)79-66(51)64(59)75-56-42-49(70(10,11)12)41-55-65(56)78(74(16)37-23-21-35-72(55,74)14)61-44-50(43-60(76)63(61)75)77-58-31-27-48(69(7,8)9)40-54(58)71(13)34-20-22-36-73(71,77)15/h17-19,24-33,38-44H,20-23,34-37H2,1-16H3. The Hall–Kier alpha value is -6.20. The van der Waals surface area contributed by atoms with Crippen LogP contribution in [0.5, 0.6) is 0 Å². The third kappa shape index (κ3) is 6.86. The molecule has 5 heterocycles. The fraction of sp³-hybridized carbons (Fsp3) is 0.432. The Morgan fingerprint density at radius 3 is 1.65 bits per heavy atom. The van der Waals surface area contributed by atoms with Gasteiger partial charge in [-0.05, 0) is 171 Å². The van der Waals surface area contributed by atoms with Crippen molar-refractivity contribution in [1.82, 2.24) is 0 Å². The predicted octanol–water partition coefficient (Wildman–Crippen LogP) is 18.5. The first-order valence-corrected chi connectivity index (χ1v) is 30.3. The van der Waals surface area contributed by atoms with Gasteiger partial charge in [0.2, 0.25) is 0 Å². The molecule has 14 rings (SSSR count). The number of hydrogen-bond acceptors (Lipinski definition) is 4. The van der Waals surface area contributed by atoms with Crippen LogP contribution >= 0.6 is 0 Å². The van der Waals surface area contributed by atoms with Gasteiger partial charge in [-0.25, -0.2) is 0 Å². The maximum Gasteiger partial charge on any atom is 0.257 e. The molecule has 7 aromatic carbocycles. The van der Waals surface area contributed by atoms with Crippen molar-refractivity contribution in [3.63, 3.8) is 0 Å². The molecule has 404 valence electrons. The van der Waals surface area contributed by atoms with E-state index in [4.69, 9.17) is 4.42 Å². The average Bonchev–Trinajstić information content (AvgIpc) is 2.12. The van der Waals surface area contributed by atoms with Gasteiger partial charge in [0.15, 0.2) is 0 Å². The number of nitrogens with zero attached hydrogens (tertiary/aromatic N) is 3. The molecule has 6 aliphatic rings. The van der Waals surface area contributed by atoms with Crippen LogP contribution in [0.25, 0.3) is 33.1 Å². The van der Waals surface area contributed by atoms with E-state index >= 15 is 0 Å². The lowest BCUT2D eigenvalue weighted by Crippen LogP contribution is -2.64. The molecule has 0 bridgehead atoms. The first-order chi connectivity index (χ1) is 37.2. The fourth-order valence-corrected chi connectivity index (χ4v) is 16.6. The quantitative estimate of drug-likeness (QED) is 0.165. The summed E-state index contributed by atoms with van der Waals surface area (Å²) in [4.78, 5) is 8.56. The molecule has 2 fully saturated rings. The molecule has 8 aromatic rings. The molecule has 0 radical (unpaired) electrons. The highest BCUT2D eigenvalue weighted by Crippen LogP contribution is 2.65. The Kier molecular flexibility index (Phi) is 10.5. The number of fused-ring (bicyclic) bond motifs is 14. The Morgan fingerprint density at radius 2 is 0.987 bits per heavy atom. The van der Waals surface area contributed by atoms with Crippen molar-refractivity contribution in [3.8, 4) is 11.1 Å². The Labute approximate surface area is 473 Å². The van der Waals surface area contributed by atoms with E-state index in [1.165, 1.54) is 144 Å². The highest BCUT2D eigenvalue weighted by molar-refractivity contribution is 7.01. The molecule has 1 aromatic heterocycles. The summed E-state index contributed by atoms with van der Waals surface area (Å²) in [7, 11) is 0. The second-order valence-electron chi connectivity index (χ2n) is 30.4. The second kappa shape index (κ2) is 16.3.